The molecule has 0 saturated carbocycles. The van der Waals surface area contributed by atoms with Gasteiger partial charge in [0.15, 0.2) is 0 Å². The third-order valence-electron chi connectivity index (χ3n) is 4.04. The van der Waals surface area contributed by atoms with Crippen molar-refractivity contribution in [3.63, 3.8) is 0 Å². The second-order valence-electron chi connectivity index (χ2n) is 5.49. The first-order valence-electron chi connectivity index (χ1n) is 7.16. The monoisotopic (exact) mass is 307 g/mol. The van der Waals surface area contributed by atoms with E-state index in [4.69, 9.17) is 14.6 Å². The summed E-state index contributed by atoms with van der Waals surface area (Å²) in [5.74, 6) is -0.465. The quantitative estimate of drug-likeness (QED) is 0.896. The number of carbonyl (C=O) groups is 2. The second kappa shape index (κ2) is 6.79. The molecular formula is C16H21NO5. The zero-order valence-electron chi connectivity index (χ0n) is 13.0. The van der Waals surface area contributed by atoms with Gasteiger partial charge in [-0.15, -0.1) is 0 Å². The summed E-state index contributed by atoms with van der Waals surface area (Å²) in [4.78, 5) is 25.3. The van der Waals surface area contributed by atoms with Crippen molar-refractivity contribution in [3.8, 4) is 5.75 Å². The molecular weight excluding hydrogens is 286 g/mol. The predicted molar refractivity (Wildman–Crippen MR) is 80.2 cm³/mol. The van der Waals surface area contributed by atoms with Gasteiger partial charge in [0, 0.05) is 25.3 Å². The van der Waals surface area contributed by atoms with E-state index in [1.807, 2.05) is 13.0 Å². The lowest BCUT2D eigenvalue weighted by molar-refractivity contribution is -0.137. The maximum atomic E-state index is 12.7. The van der Waals surface area contributed by atoms with Crippen LogP contribution in [0.1, 0.15) is 28.8 Å². The third-order valence-corrected chi connectivity index (χ3v) is 4.04. The average Bonchev–Trinajstić information content (AvgIpc) is 2.89. The van der Waals surface area contributed by atoms with Gasteiger partial charge in [-0.1, -0.05) is 6.07 Å². The number of methoxy groups -OCH3 is 2. The minimum absolute atomic E-state index is 0.0748. The van der Waals surface area contributed by atoms with E-state index in [9.17, 15) is 9.59 Å². The van der Waals surface area contributed by atoms with Crippen molar-refractivity contribution in [3.05, 3.63) is 29.3 Å². The van der Waals surface area contributed by atoms with Crippen LogP contribution in [0.2, 0.25) is 0 Å². The number of carboxylic acids is 1. The fourth-order valence-corrected chi connectivity index (χ4v) is 2.81. The molecule has 0 aliphatic carbocycles. The van der Waals surface area contributed by atoms with Crippen molar-refractivity contribution in [2.45, 2.75) is 31.9 Å². The van der Waals surface area contributed by atoms with Crippen LogP contribution in [-0.4, -0.2) is 54.8 Å². The number of hydrogen-bond acceptors (Lipinski definition) is 4. The molecule has 120 valence electrons. The highest BCUT2D eigenvalue weighted by Crippen LogP contribution is 2.26. The Morgan fingerprint density at radius 2 is 2.09 bits per heavy atom. The first-order chi connectivity index (χ1) is 10.5. The molecule has 1 aliphatic heterocycles. The number of carbonyl (C=O) groups excluding carboxylic acids is 1. The van der Waals surface area contributed by atoms with Gasteiger partial charge in [-0.2, -0.15) is 0 Å². The van der Waals surface area contributed by atoms with E-state index < -0.39 is 5.97 Å². The number of aryl methyl sites for hydroxylation is 1. The van der Waals surface area contributed by atoms with E-state index in [0.717, 1.165) is 5.56 Å². The molecule has 1 saturated heterocycles. The van der Waals surface area contributed by atoms with Crippen LogP contribution in [-0.2, 0) is 9.53 Å². The summed E-state index contributed by atoms with van der Waals surface area (Å²) in [6.07, 6.45) is 0.340. The van der Waals surface area contributed by atoms with Gasteiger partial charge in [-0.05, 0) is 31.0 Å². The Hall–Kier alpha value is -2.08. The highest BCUT2D eigenvalue weighted by atomic mass is 16.5. The number of ether oxygens (including phenoxy) is 2. The Kier molecular flexibility index (Phi) is 5.03. The van der Waals surface area contributed by atoms with E-state index in [0.29, 0.717) is 24.3 Å². The molecule has 1 aromatic carbocycles. The molecule has 1 aromatic rings. The van der Waals surface area contributed by atoms with Crippen LogP contribution >= 0.6 is 0 Å². The normalized spacial score (nSPS) is 21.0. The number of carboxylic acid groups (broad SMARTS) is 1. The van der Waals surface area contributed by atoms with E-state index in [2.05, 4.69) is 0 Å². The third kappa shape index (κ3) is 3.39. The van der Waals surface area contributed by atoms with E-state index in [-0.39, 0.29) is 24.5 Å². The van der Waals surface area contributed by atoms with E-state index in [1.54, 1.807) is 31.3 Å². The van der Waals surface area contributed by atoms with E-state index >= 15 is 0 Å². The van der Waals surface area contributed by atoms with Gasteiger partial charge in [0.1, 0.15) is 5.75 Å². The van der Waals surface area contributed by atoms with E-state index in [1.165, 1.54) is 0 Å². The molecule has 2 rings (SSSR count). The summed E-state index contributed by atoms with van der Waals surface area (Å²) < 4.78 is 10.5. The van der Waals surface area contributed by atoms with Crippen molar-refractivity contribution < 1.29 is 24.2 Å². The molecule has 2 unspecified atom stereocenters. The molecule has 0 bridgehead atoms. The maximum absolute atomic E-state index is 12.7. The Labute approximate surface area is 129 Å². The molecule has 1 N–H and O–H groups in total. The Bertz CT molecular complexity index is 572. The Morgan fingerprint density at radius 3 is 2.68 bits per heavy atom. The van der Waals surface area contributed by atoms with Crippen LogP contribution in [0.5, 0.6) is 5.75 Å². The van der Waals surface area contributed by atoms with Gasteiger partial charge >= 0.3 is 5.97 Å². The van der Waals surface area contributed by atoms with Gasteiger partial charge in [-0.3, -0.25) is 9.59 Å². The lowest BCUT2D eigenvalue weighted by atomic mass is 10.1. The zero-order chi connectivity index (χ0) is 16.3. The number of benzene rings is 1. The van der Waals surface area contributed by atoms with Gasteiger partial charge in [0.2, 0.25) is 0 Å². The number of nitrogens with zero attached hydrogens (tertiary/aromatic N) is 1. The summed E-state index contributed by atoms with van der Waals surface area (Å²) in [5.41, 5.74) is 1.44. The first-order valence-corrected chi connectivity index (χ1v) is 7.16. The van der Waals surface area contributed by atoms with Crippen molar-refractivity contribution in [1.82, 2.24) is 4.90 Å². The fraction of sp³-hybridized carbons (Fsp3) is 0.500. The number of amides is 1. The Balaban J connectivity index is 2.24. The summed E-state index contributed by atoms with van der Waals surface area (Å²) in [7, 11) is 3.13. The predicted octanol–water partition coefficient (Wildman–Crippen LogP) is 1.71. The van der Waals surface area contributed by atoms with Gasteiger partial charge in [0.05, 0.1) is 19.6 Å². The molecule has 0 spiro atoms. The topological polar surface area (TPSA) is 76.1 Å². The first kappa shape index (κ1) is 16.3. The smallest absolute Gasteiger partial charge is 0.305 e. The van der Waals surface area contributed by atoms with Gasteiger partial charge < -0.3 is 19.5 Å². The fourth-order valence-electron chi connectivity index (χ4n) is 2.81. The van der Waals surface area contributed by atoms with Crippen LogP contribution in [0.15, 0.2) is 18.2 Å². The number of rotatable bonds is 5. The highest BCUT2D eigenvalue weighted by Gasteiger charge is 2.37. The standard InChI is InChI=1S/C16H21NO5/c1-10-4-5-11(6-14(10)22-3)16(20)17-9-13(21-2)7-12(17)8-15(18)19/h4-6,12-13H,7-9H2,1-3H3,(H,18,19). The van der Waals surface area contributed by atoms with Gasteiger partial charge in [-0.25, -0.2) is 0 Å². The number of hydrogen-bond donors (Lipinski definition) is 1. The SMILES string of the molecule is COc1cc(C(=O)N2CC(OC)CC2CC(=O)O)ccc1C. The summed E-state index contributed by atoms with van der Waals surface area (Å²) >= 11 is 0. The molecule has 1 fully saturated rings. The van der Waals surface area contributed by atoms with Gasteiger partial charge in [0.25, 0.3) is 5.91 Å². The summed E-state index contributed by atoms with van der Waals surface area (Å²) in [6, 6.07) is 4.90. The molecule has 22 heavy (non-hydrogen) atoms. The van der Waals surface area contributed by atoms with Crippen molar-refractivity contribution in [1.29, 1.82) is 0 Å². The second-order valence-corrected chi connectivity index (χ2v) is 5.49. The molecule has 0 radical (unpaired) electrons. The zero-order valence-corrected chi connectivity index (χ0v) is 13.0. The van der Waals surface area contributed by atoms with Crippen LogP contribution in [0, 0.1) is 6.92 Å². The van der Waals surface area contributed by atoms with Crippen molar-refractivity contribution in [2.75, 3.05) is 20.8 Å². The lowest BCUT2D eigenvalue weighted by Gasteiger charge is -2.23. The minimum Gasteiger partial charge on any atom is -0.496 e. The maximum Gasteiger partial charge on any atom is 0.305 e. The average molecular weight is 307 g/mol. The molecule has 2 atom stereocenters. The van der Waals surface area contributed by atoms with Crippen molar-refractivity contribution in [2.24, 2.45) is 0 Å². The highest BCUT2D eigenvalue weighted by molar-refractivity contribution is 5.95. The van der Waals surface area contributed by atoms with Crippen LogP contribution in [0.25, 0.3) is 0 Å². The lowest BCUT2D eigenvalue weighted by Crippen LogP contribution is -2.37. The molecule has 1 amide bonds. The Morgan fingerprint density at radius 1 is 1.36 bits per heavy atom. The minimum atomic E-state index is -0.916. The molecule has 6 heteroatoms. The largest absolute Gasteiger partial charge is 0.496 e. The summed E-state index contributed by atoms with van der Waals surface area (Å²) in [5, 5.41) is 9.02. The molecule has 6 nitrogen and oxygen atoms in total. The van der Waals surface area contributed by atoms with Crippen LogP contribution in [0.3, 0.4) is 0 Å². The van der Waals surface area contributed by atoms with Crippen molar-refractivity contribution >= 4 is 11.9 Å². The molecule has 1 aliphatic rings. The van der Waals surface area contributed by atoms with Crippen LogP contribution in [0.4, 0.5) is 0 Å². The summed E-state index contributed by atoms with van der Waals surface area (Å²) in [6.45, 7) is 2.31. The molecule has 1 heterocycles. The number of aliphatic carboxylic acids is 1. The molecule has 0 aromatic heterocycles. The van der Waals surface area contributed by atoms with Crippen LogP contribution < -0.4 is 4.74 Å². The number of likely N-dealkylation sites (tertiary alicyclic amines) is 1.